The molecule has 156 valence electrons. The number of halogens is 3. The van der Waals surface area contributed by atoms with E-state index in [4.69, 9.17) is 11.6 Å². The van der Waals surface area contributed by atoms with Gasteiger partial charge < -0.3 is 0 Å². The summed E-state index contributed by atoms with van der Waals surface area (Å²) in [6.07, 6.45) is 1.73. The van der Waals surface area contributed by atoms with Crippen molar-refractivity contribution in [3.63, 3.8) is 0 Å². The molecule has 0 saturated carbocycles. The van der Waals surface area contributed by atoms with Crippen LogP contribution in [0, 0.1) is 13.8 Å². The van der Waals surface area contributed by atoms with Crippen LogP contribution in [0.4, 0.5) is 8.78 Å². The van der Waals surface area contributed by atoms with Gasteiger partial charge in [0.15, 0.2) is 0 Å². The number of pyridine rings is 2. The fraction of sp³-hybridized carbons (Fsp3) is 0.333. The number of benzene rings is 1. The summed E-state index contributed by atoms with van der Waals surface area (Å²) < 4.78 is 26.6. The molecular formula is C24H24ClF2N3. The van der Waals surface area contributed by atoms with Crippen molar-refractivity contribution in [3.8, 4) is 22.4 Å². The van der Waals surface area contributed by atoms with Crippen LogP contribution in [0.5, 0.6) is 0 Å². The molecule has 6 heteroatoms. The minimum atomic E-state index is -2.50. The lowest BCUT2D eigenvalue weighted by molar-refractivity contribution is -0.0566. The monoisotopic (exact) mass is 427 g/mol. The zero-order chi connectivity index (χ0) is 21.3. The molecule has 2 aromatic heterocycles. The molecule has 0 N–H and O–H groups in total. The third-order valence-electron chi connectivity index (χ3n) is 5.66. The van der Waals surface area contributed by atoms with Crippen LogP contribution >= 0.6 is 11.6 Å². The van der Waals surface area contributed by atoms with Crippen molar-refractivity contribution in [2.75, 3.05) is 13.1 Å². The van der Waals surface area contributed by atoms with Gasteiger partial charge in [0.05, 0.1) is 16.4 Å². The molecule has 1 aliphatic heterocycles. The molecule has 0 atom stereocenters. The molecule has 0 spiro atoms. The van der Waals surface area contributed by atoms with Gasteiger partial charge in [0.1, 0.15) is 0 Å². The number of rotatable bonds is 4. The van der Waals surface area contributed by atoms with E-state index < -0.39 is 5.92 Å². The summed E-state index contributed by atoms with van der Waals surface area (Å²) in [7, 11) is 0. The number of nitrogens with zero attached hydrogens (tertiary/aromatic N) is 3. The fourth-order valence-corrected chi connectivity index (χ4v) is 3.95. The maximum atomic E-state index is 13.3. The number of hydrogen-bond donors (Lipinski definition) is 0. The second-order valence-corrected chi connectivity index (χ2v) is 8.36. The summed E-state index contributed by atoms with van der Waals surface area (Å²) in [5, 5.41) is 0.646. The number of hydrogen-bond acceptors (Lipinski definition) is 3. The second kappa shape index (κ2) is 8.40. The van der Waals surface area contributed by atoms with Crippen LogP contribution in [0.1, 0.15) is 29.8 Å². The van der Waals surface area contributed by atoms with Crippen molar-refractivity contribution in [3.05, 3.63) is 70.6 Å². The Morgan fingerprint density at radius 2 is 1.63 bits per heavy atom. The maximum Gasteiger partial charge on any atom is 0.250 e. The van der Waals surface area contributed by atoms with E-state index in [1.807, 2.05) is 62.5 Å². The van der Waals surface area contributed by atoms with E-state index in [0.717, 1.165) is 39.3 Å². The van der Waals surface area contributed by atoms with Crippen molar-refractivity contribution < 1.29 is 8.78 Å². The highest BCUT2D eigenvalue weighted by Crippen LogP contribution is 2.30. The second-order valence-electron chi connectivity index (χ2n) is 7.95. The molecule has 4 rings (SSSR count). The zero-order valence-electron chi connectivity index (χ0n) is 17.1. The number of alkyl halides is 2. The molecule has 3 heterocycles. The van der Waals surface area contributed by atoms with Crippen LogP contribution in [-0.2, 0) is 6.54 Å². The predicted octanol–water partition coefficient (Wildman–Crippen LogP) is 6.31. The van der Waals surface area contributed by atoms with Crippen molar-refractivity contribution in [1.29, 1.82) is 0 Å². The van der Waals surface area contributed by atoms with Crippen molar-refractivity contribution in [2.24, 2.45) is 0 Å². The Bertz CT molecular complexity index is 1020. The highest BCUT2D eigenvalue weighted by atomic mass is 35.5. The van der Waals surface area contributed by atoms with E-state index in [2.05, 4.69) is 14.9 Å². The molecular weight excluding hydrogens is 404 g/mol. The summed E-state index contributed by atoms with van der Waals surface area (Å²) in [6, 6.07) is 14.1. The first-order valence-corrected chi connectivity index (χ1v) is 10.5. The summed E-state index contributed by atoms with van der Waals surface area (Å²) in [6.45, 7) is 5.44. The number of likely N-dealkylation sites (tertiary alicyclic amines) is 1. The quantitative estimate of drug-likeness (QED) is 0.488. The minimum Gasteiger partial charge on any atom is -0.299 e. The number of piperidine rings is 1. The highest BCUT2D eigenvalue weighted by molar-refractivity contribution is 6.31. The van der Waals surface area contributed by atoms with Gasteiger partial charge in [-0.3, -0.25) is 14.9 Å². The summed E-state index contributed by atoms with van der Waals surface area (Å²) in [5.41, 5.74) is 6.72. The number of aryl methyl sites for hydroxylation is 2. The van der Waals surface area contributed by atoms with Gasteiger partial charge in [-0.15, -0.1) is 0 Å². The van der Waals surface area contributed by atoms with Gasteiger partial charge in [0.25, 0.3) is 5.92 Å². The average Bonchev–Trinajstić information content (AvgIpc) is 2.73. The average molecular weight is 428 g/mol. The Balaban J connectivity index is 1.45. The fourth-order valence-electron chi connectivity index (χ4n) is 3.79. The third kappa shape index (κ3) is 4.68. The predicted molar refractivity (Wildman–Crippen MR) is 117 cm³/mol. The molecule has 1 saturated heterocycles. The van der Waals surface area contributed by atoms with Gasteiger partial charge in [-0.25, -0.2) is 8.78 Å². The molecule has 0 unspecified atom stereocenters. The van der Waals surface area contributed by atoms with Gasteiger partial charge in [-0.2, -0.15) is 0 Å². The van der Waals surface area contributed by atoms with E-state index in [1.165, 1.54) is 0 Å². The van der Waals surface area contributed by atoms with E-state index in [1.54, 1.807) is 0 Å². The first-order valence-electron chi connectivity index (χ1n) is 10.1. The van der Waals surface area contributed by atoms with Gasteiger partial charge in [-0.1, -0.05) is 41.9 Å². The normalized spacial score (nSPS) is 16.6. The molecule has 0 bridgehead atoms. The summed E-state index contributed by atoms with van der Waals surface area (Å²) in [5.74, 6) is -2.50. The third-order valence-corrected chi connectivity index (χ3v) is 6.04. The standard InChI is InChI=1S/C24H24ClF2N3/c1-16-21(13-22(25)17(2)29-16)20-7-8-23(28-14-20)19-5-3-18(4-6-19)15-30-11-9-24(26,27)10-12-30/h3-8,13-14H,9-12,15H2,1-2H3. The van der Waals surface area contributed by atoms with Crippen LogP contribution < -0.4 is 0 Å². The molecule has 0 radical (unpaired) electrons. The van der Waals surface area contributed by atoms with Gasteiger partial charge in [0, 0.05) is 61.1 Å². The lowest BCUT2D eigenvalue weighted by Crippen LogP contribution is -2.38. The first-order chi connectivity index (χ1) is 14.3. The van der Waals surface area contributed by atoms with Crippen molar-refractivity contribution in [1.82, 2.24) is 14.9 Å². The molecule has 1 fully saturated rings. The Hall–Kier alpha value is -2.37. The van der Waals surface area contributed by atoms with E-state index in [9.17, 15) is 8.78 Å². The molecule has 30 heavy (non-hydrogen) atoms. The Labute approximate surface area is 180 Å². The first kappa shape index (κ1) is 20.9. The Kier molecular flexibility index (Phi) is 5.85. The van der Waals surface area contributed by atoms with Crippen molar-refractivity contribution >= 4 is 11.6 Å². The van der Waals surface area contributed by atoms with Gasteiger partial charge in [-0.05, 0) is 31.5 Å². The lowest BCUT2D eigenvalue weighted by atomic mass is 10.0. The molecule has 0 amide bonds. The molecule has 1 aromatic carbocycles. The zero-order valence-corrected chi connectivity index (χ0v) is 17.9. The summed E-state index contributed by atoms with van der Waals surface area (Å²) in [4.78, 5) is 11.2. The molecule has 3 nitrogen and oxygen atoms in total. The van der Waals surface area contributed by atoms with E-state index >= 15 is 0 Å². The Morgan fingerprint density at radius 1 is 0.967 bits per heavy atom. The summed E-state index contributed by atoms with van der Waals surface area (Å²) >= 11 is 6.24. The van der Waals surface area contributed by atoms with Crippen LogP contribution in [0.25, 0.3) is 22.4 Å². The SMILES string of the molecule is Cc1nc(C)c(-c2ccc(-c3ccc(CN4CCC(F)(F)CC4)cc3)nc2)cc1Cl. The topological polar surface area (TPSA) is 29.0 Å². The van der Waals surface area contributed by atoms with Crippen molar-refractivity contribution in [2.45, 2.75) is 39.2 Å². The largest absolute Gasteiger partial charge is 0.299 e. The molecule has 1 aliphatic rings. The number of aromatic nitrogens is 2. The molecule has 3 aromatic rings. The van der Waals surface area contributed by atoms with Crippen LogP contribution in [0.3, 0.4) is 0 Å². The maximum absolute atomic E-state index is 13.3. The van der Waals surface area contributed by atoms with Gasteiger partial charge >= 0.3 is 0 Å². The van der Waals surface area contributed by atoms with E-state index in [-0.39, 0.29) is 12.8 Å². The highest BCUT2D eigenvalue weighted by Gasteiger charge is 2.33. The lowest BCUT2D eigenvalue weighted by Gasteiger charge is -2.31. The van der Waals surface area contributed by atoms with Crippen LogP contribution in [0.15, 0.2) is 48.7 Å². The van der Waals surface area contributed by atoms with E-state index in [0.29, 0.717) is 24.7 Å². The minimum absolute atomic E-state index is 0.0530. The van der Waals surface area contributed by atoms with Gasteiger partial charge in [0.2, 0.25) is 0 Å². The Morgan fingerprint density at radius 3 is 2.27 bits per heavy atom. The molecule has 0 aliphatic carbocycles. The van der Waals surface area contributed by atoms with Crippen LogP contribution in [0.2, 0.25) is 5.02 Å². The van der Waals surface area contributed by atoms with Crippen LogP contribution in [-0.4, -0.2) is 33.9 Å². The smallest absolute Gasteiger partial charge is 0.250 e.